The summed E-state index contributed by atoms with van der Waals surface area (Å²) in [5.74, 6) is 0. The minimum absolute atomic E-state index is 0.362. The molecule has 1 unspecified atom stereocenters. The van der Waals surface area contributed by atoms with Crippen molar-refractivity contribution in [3.63, 3.8) is 0 Å². The van der Waals surface area contributed by atoms with E-state index in [9.17, 15) is 0 Å². The summed E-state index contributed by atoms with van der Waals surface area (Å²) < 4.78 is 5.69. The second-order valence-corrected chi connectivity index (χ2v) is 4.62. The number of hydrogen-bond donors (Lipinski definition) is 0. The molecule has 0 radical (unpaired) electrons. The van der Waals surface area contributed by atoms with Gasteiger partial charge in [-0.1, -0.05) is 0 Å². The molecule has 0 aliphatic carbocycles. The molecular weight excluding hydrogens is 226 g/mol. The molecule has 1 fully saturated rings. The van der Waals surface area contributed by atoms with Gasteiger partial charge < -0.3 is 4.74 Å². The number of rotatable bonds is 4. The number of ether oxygens (including phenoxy) is 1. The molecule has 0 saturated carbocycles. The quantitative estimate of drug-likeness (QED) is 0.813. The van der Waals surface area contributed by atoms with Crippen LogP contribution in [0, 0.1) is 11.3 Å². The van der Waals surface area contributed by atoms with Gasteiger partial charge in [-0.15, -0.1) is 0 Å². The largest absolute Gasteiger partial charge is 0.377 e. The topological polar surface area (TPSA) is 49.1 Å². The maximum atomic E-state index is 8.83. The number of aromatic nitrogens is 1. The van der Waals surface area contributed by atoms with Gasteiger partial charge in [-0.2, -0.15) is 5.26 Å². The first-order valence-electron chi connectivity index (χ1n) is 6.50. The fourth-order valence-corrected chi connectivity index (χ4v) is 2.42. The molecule has 1 aliphatic rings. The Bertz CT molecular complexity index is 425. The van der Waals surface area contributed by atoms with Gasteiger partial charge in [0.25, 0.3) is 0 Å². The summed E-state index contributed by atoms with van der Waals surface area (Å²) in [5, 5.41) is 8.83. The zero-order valence-electron chi connectivity index (χ0n) is 10.8. The molecule has 0 amide bonds. The van der Waals surface area contributed by atoms with Crippen LogP contribution in [0.3, 0.4) is 0 Å². The Hall–Kier alpha value is -1.44. The number of likely N-dealkylation sites (tertiary alicyclic amines) is 1. The van der Waals surface area contributed by atoms with Crippen molar-refractivity contribution in [1.29, 1.82) is 5.26 Å². The molecule has 1 aromatic heterocycles. The number of hydrogen-bond acceptors (Lipinski definition) is 4. The molecule has 0 N–H and O–H groups in total. The van der Waals surface area contributed by atoms with E-state index in [1.54, 1.807) is 6.20 Å². The molecular formula is C14H19N3O. The maximum Gasteiger partial charge on any atom is 0.140 e. The van der Waals surface area contributed by atoms with Gasteiger partial charge in [0.2, 0.25) is 0 Å². The average molecular weight is 245 g/mol. The summed E-state index contributed by atoms with van der Waals surface area (Å²) in [4.78, 5) is 6.38. The maximum absolute atomic E-state index is 8.83. The summed E-state index contributed by atoms with van der Waals surface area (Å²) in [7, 11) is 0. The number of piperidine rings is 1. The van der Waals surface area contributed by atoms with Gasteiger partial charge in [0.05, 0.1) is 6.10 Å². The van der Waals surface area contributed by atoms with Crippen LogP contribution in [-0.2, 0) is 11.3 Å². The predicted molar refractivity (Wildman–Crippen MR) is 68.9 cm³/mol. The fraction of sp³-hybridized carbons (Fsp3) is 0.571. The lowest BCUT2D eigenvalue weighted by Crippen LogP contribution is -2.39. The third-order valence-corrected chi connectivity index (χ3v) is 3.21. The highest BCUT2D eigenvalue weighted by Crippen LogP contribution is 2.16. The van der Waals surface area contributed by atoms with E-state index in [4.69, 9.17) is 10.00 Å². The summed E-state index contributed by atoms with van der Waals surface area (Å²) in [5.41, 5.74) is 1.64. The van der Waals surface area contributed by atoms with Crippen molar-refractivity contribution in [3.8, 4) is 6.07 Å². The Labute approximate surface area is 108 Å². The molecule has 0 spiro atoms. The first-order valence-corrected chi connectivity index (χ1v) is 6.50. The summed E-state index contributed by atoms with van der Waals surface area (Å²) >= 11 is 0. The van der Waals surface area contributed by atoms with Gasteiger partial charge in [-0.3, -0.25) is 4.90 Å². The zero-order chi connectivity index (χ0) is 12.8. The molecule has 0 aromatic carbocycles. The lowest BCUT2D eigenvalue weighted by atomic mass is 10.1. The van der Waals surface area contributed by atoms with E-state index in [0.717, 1.165) is 38.2 Å². The number of nitriles is 1. The monoisotopic (exact) mass is 245 g/mol. The van der Waals surface area contributed by atoms with Crippen molar-refractivity contribution in [3.05, 3.63) is 29.6 Å². The van der Waals surface area contributed by atoms with Crippen molar-refractivity contribution in [2.24, 2.45) is 0 Å². The Kier molecular flexibility index (Phi) is 4.68. The second-order valence-electron chi connectivity index (χ2n) is 4.62. The molecule has 18 heavy (non-hydrogen) atoms. The molecule has 4 nitrogen and oxygen atoms in total. The van der Waals surface area contributed by atoms with E-state index in [2.05, 4.69) is 16.0 Å². The Morgan fingerprint density at radius 1 is 1.61 bits per heavy atom. The van der Waals surface area contributed by atoms with E-state index in [1.807, 2.05) is 19.1 Å². The minimum Gasteiger partial charge on any atom is -0.377 e. The molecule has 0 bridgehead atoms. The molecule has 1 aromatic rings. The van der Waals surface area contributed by atoms with Gasteiger partial charge in [0, 0.05) is 25.9 Å². The normalized spacial score (nSPS) is 20.6. The standard InChI is InChI=1S/C14H19N3O/c1-2-18-14-4-3-7-17(11-14)10-12-5-6-16-13(8-12)9-15/h5-6,8,14H,2-4,7,10-11H2,1H3. The highest BCUT2D eigenvalue weighted by Gasteiger charge is 2.19. The van der Waals surface area contributed by atoms with Crippen LogP contribution in [0.2, 0.25) is 0 Å². The van der Waals surface area contributed by atoms with Crippen LogP contribution in [0.25, 0.3) is 0 Å². The molecule has 2 heterocycles. The van der Waals surface area contributed by atoms with Crippen LogP contribution in [0.5, 0.6) is 0 Å². The summed E-state index contributed by atoms with van der Waals surface area (Å²) in [6, 6.07) is 5.92. The Morgan fingerprint density at radius 3 is 3.28 bits per heavy atom. The first kappa shape index (κ1) is 13.0. The average Bonchev–Trinajstić information content (AvgIpc) is 2.40. The molecule has 2 rings (SSSR count). The lowest BCUT2D eigenvalue weighted by Gasteiger charge is -2.32. The van der Waals surface area contributed by atoms with Gasteiger partial charge in [0.15, 0.2) is 0 Å². The van der Waals surface area contributed by atoms with Crippen LogP contribution in [0.15, 0.2) is 18.3 Å². The molecule has 1 atom stereocenters. The highest BCUT2D eigenvalue weighted by molar-refractivity contribution is 5.25. The minimum atomic E-state index is 0.362. The molecule has 4 heteroatoms. The van der Waals surface area contributed by atoms with Crippen molar-refractivity contribution in [2.45, 2.75) is 32.4 Å². The van der Waals surface area contributed by atoms with Crippen LogP contribution in [-0.4, -0.2) is 35.7 Å². The van der Waals surface area contributed by atoms with E-state index < -0.39 is 0 Å². The van der Waals surface area contributed by atoms with E-state index in [-0.39, 0.29) is 0 Å². The summed E-state index contributed by atoms with van der Waals surface area (Å²) in [6.07, 6.45) is 4.41. The Morgan fingerprint density at radius 2 is 2.50 bits per heavy atom. The van der Waals surface area contributed by atoms with E-state index in [0.29, 0.717) is 11.8 Å². The van der Waals surface area contributed by atoms with Gasteiger partial charge in [-0.25, -0.2) is 4.98 Å². The van der Waals surface area contributed by atoms with Crippen LogP contribution >= 0.6 is 0 Å². The third-order valence-electron chi connectivity index (χ3n) is 3.21. The van der Waals surface area contributed by atoms with Gasteiger partial charge in [-0.05, 0) is 44.0 Å². The molecule has 96 valence electrons. The molecule has 1 aliphatic heterocycles. The first-order chi connectivity index (χ1) is 8.81. The lowest BCUT2D eigenvalue weighted by molar-refractivity contribution is 0.00363. The van der Waals surface area contributed by atoms with Crippen LogP contribution < -0.4 is 0 Å². The second kappa shape index (κ2) is 6.48. The van der Waals surface area contributed by atoms with Crippen molar-refractivity contribution in [2.75, 3.05) is 19.7 Å². The van der Waals surface area contributed by atoms with Crippen LogP contribution in [0.4, 0.5) is 0 Å². The molecule has 1 saturated heterocycles. The number of pyridine rings is 1. The van der Waals surface area contributed by atoms with Crippen molar-refractivity contribution >= 4 is 0 Å². The Balaban J connectivity index is 1.94. The van der Waals surface area contributed by atoms with E-state index in [1.165, 1.54) is 6.42 Å². The third kappa shape index (κ3) is 3.52. The van der Waals surface area contributed by atoms with Gasteiger partial charge >= 0.3 is 0 Å². The zero-order valence-corrected chi connectivity index (χ0v) is 10.8. The summed E-state index contributed by atoms with van der Waals surface area (Å²) in [6.45, 7) is 5.79. The smallest absolute Gasteiger partial charge is 0.140 e. The van der Waals surface area contributed by atoms with Crippen molar-refractivity contribution in [1.82, 2.24) is 9.88 Å². The van der Waals surface area contributed by atoms with Gasteiger partial charge in [0.1, 0.15) is 11.8 Å². The van der Waals surface area contributed by atoms with E-state index >= 15 is 0 Å². The highest BCUT2D eigenvalue weighted by atomic mass is 16.5. The van der Waals surface area contributed by atoms with Crippen LogP contribution in [0.1, 0.15) is 31.0 Å². The number of nitrogens with zero attached hydrogens (tertiary/aromatic N) is 3. The van der Waals surface area contributed by atoms with Crippen molar-refractivity contribution < 1.29 is 4.74 Å². The fourth-order valence-electron chi connectivity index (χ4n) is 2.42. The predicted octanol–water partition coefficient (Wildman–Crippen LogP) is 1.95. The SMILES string of the molecule is CCOC1CCCN(Cc2ccnc(C#N)c2)C1.